The lowest BCUT2D eigenvalue weighted by Crippen LogP contribution is -2.57. The molecule has 1 heterocycles. The van der Waals surface area contributed by atoms with Crippen LogP contribution in [0.2, 0.25) is 0 Å². The first-order chi connectivity index (χ1) is 15.9. The van der Waals surface area contributed by atoms with Crippen LogP contribution in [-0.2, 0) is 24.3 Å². The third-order valence-electron chi connectivity index (χ3n) is 6.45. The molecule has 2 fully saturated rings. The molecule has 2 atom stereocenters. The van der Waals surface area contributed by atoms with Crippen molar-refractivity contribution in [2.24, 2.45) is 0 Å². The number of rotatable bonds is 11. The Hall–Kier alpha value is -1.97. The average molecular weight is 480 g/mol. The predicted octanol–water partition coefficient (Wildman–Crippen LogP) is 2.59. The lowest BCUT2D eigenvalue weighted by Gasteiger charge is -2.39. The van der Waals surface area contributed by atoms with Crippen molar-refractivity contribution in [3.63, 3.8) is 0 Å². The lowest BCUT2D eigenvalue weighted by atomic mass is 9.92. The van der Waals surface area contributed by atoms with E-state index in [9.17, 15) is 18.0 Å². The van der Waals surface area contributed by atoms with Crippen molar-refractivity contribution < 1.29 is 22.7 Å². The first-order valence-corrected chi connectivity index (χ1v) is 13.7. The van der Waals surface area contributed by atoms with Gasteiger partial charge in [0.25, 0.3) is 0 Å². The van der Waals surface area contributed by atoms with Gasteiger partial charge in [-0.15, -0.1) is 0 Å². The van der Waals surface area contributed by atoms with Gasteiger partial charge in [0.2, 0.25) is 21.8 Å². The van der Waals surface area contributed by atoms with E-state index in [1.165, 1.54) is 12.1 Å². The van der Waals surface area contributed by atoms with E-state index in [2.05, 4.69) is 10.0 Å². The minimum atomic E-state index is -3.81. The summed E-state index contributed by atoms with van der Waals surface area (Å²) >= 11 is 0. The molecule has 1 aliphatic carbocycles. The molecule has 9 heteroatoms. The fraction of sp³-hybridized carbons (Fsp3) is 0.667. The summed E-state index contributed by atoms with van der Waals surface area (Å²) in [4.78, 5) is 28.4. The zero-order valence-electron chi connectivity index (χ0n) is 19.5. The molecular formula is C24H37N3O5S. The molecule has 8 nitrogen and oxygen atoms in total. The van der Waals surface area contributed by atoms with Gasteiger partial charge in [0.15, 0.2) is 0 Å². The van der Waals surface area contributed by atoms with E-state index in [1.807, 2.05) is 6.92 Å². The molecule has 33 heavy (non-hydrogen) atoms. The van der Waals surface area contributed by atoms with Gasteiger partial charge in [-0.3, -0.25) is 9.59 Å². The van der Waals surface area contributed by atoms with Crippen molar-refractivity contribution >= 4 is 21.8 Å². The summed E-state index contributed by atoms with van der Waals surface area (Å²) in [6.07, 6.45) is 7.98. The number of hydrogen-bond acceptors (Lipinski definition) is 5. The summed E-state index contributed by atoms with van der Waals surface area (Å²) in [5.41, 5.74) is 0. The van der Waals surface area contributed by atoms with Crippen LogP contribution in [0.15, 0.2) is 35.2 Å². The van der Waals surface area contributed by atoms with E-state index < -0.39 is 16.1 Å². The van der Waals surface area contributed by atoms with Crippen molar-refractivity contribution in [3.05, 3.63) is 30.3 Å². The van der Waals surface area contributed by atoms with Crippen LogP contribution in [0.3, 0.4) is 0 Å². The Morgan fingerprint density at radius 2 is 1.82 bits per heavy atom. The molecule has 1 aromatic carbocycles. The first-order valence-electron chi connectivity index (χ1n) is 12.2. The number of hydrogen-bond donors (Lipinski definition) is 2. The minimum absolute atomic E-state index is 0.0211. The number of benzene rings is 1. The van der Waals surface area contributed by atoms with Gasteiger partial charge in [0, 0.05) is 19.2 Å². The summed E-state index contributed by atoms with van der Waals surface area (Å²) in [6.45, 7) is 2.77. The van der Waals surface area contributed by atoms with Crippen LogP contribution in [0.1, 0.15) is 64.7 Å². The maximum atomic E-state index is 13.4. The molecule has 0 bridgehead atoms. The van der Waals surface area contributed by atoms with Crippen LogP contribution in [0.25, 0.3) is 0 Å². The number of nitrogens with one attached hydrogen (secondary N) is 2. The zero-order valence-corrected chi connectivity index (χ0v) is 20.3. The van der Waals surface area contributed by atoms with E-state index >= 15 is 0 Å². The first kappa shape index (κ1) is 25.6. The Balaban J connectivity index is 1.73. The van der Waals surface area contributed by atoms with Gasteiger partial charge in [-0.1, -0.05) is 50.8 Å². The number of amides is 2. The zero-order chi connectivity index (χ0) is 23.7. The minimum Gasteiger partial charge on any atom is -0.376 e. The number of carbonyl (C=O) groups excluding carboxylic acids is 2. The summed E-state index contributed by atoms with van der Waals surface area (Å²) in [7, 11) is -3.81. The summed E-state index contributed by atoms with van der Waals surface area (Å²) in [6, 6.07) is 7.32. The second-order valence-corrected chi connectivity index (χ2v) is 10.7. The number of ether oxygens (including phenoxy) is 1. The van der Waals surface area contributed by atoms with Gasteiger partial charge < -0.3 is 15.0 Å². The molecule has 1 aliphatic heterocycles. The van der Waals surface area contributed by atoms with Crippen molar-refractivity contribution in [2.75, 3.05) is 19.7 Å². The third kappa shape index (κ3) is 7.25. The van der Waals surface area contributed by atoms with E-state index in [0.717, 1.165) is 51.4 Å². The van der Waals surface area contributed by atoms with Crippen LogP contribution >= 0.6 is 0 Å². The van der Waals surface area contributed by atoms with Gasteiger partial charge in [0.1, 0.15) is 6.04 Å². The Bertz CT molecular complexity index is 865. The highest BCUT2D eigenvalue weighted by molar-refractivity contribution is 7.89. The van der Waals surface area contributed by atoms with Crippen molar-refractivity contribution in [1.29, 1.82) is 0 Å². The normalized spacial score (nSPS) is 20.3. The van der Waals surface area contributed by atoms with Gasteiger partial charge >= 0.3 is 0 Å². The smallest absolute Gasteiger partial charge is 0.242 e. The summed E-state index contributed by atoms with van der Waals surface area (Å²) < 4.78 is 33.3. The van der Waals surface area contributed by atoms with E-state index in [-0.39, 0.29) is 35.4 Å². The highest BCUT2D eigenvalue weighted by Crippen LogP contribution is 2.26. The van der Waals surface area contributed by atoms with Crippen LogP contribution < -0.4 is 10.0 Å². The summed E-state index contributed by atoms with van der Waals surface area (Å²) in [5.74, 6) is -0.538. The van der Waals surface area contributed by atoms with Crippen molar-refractivity contribution in [3.8, 4) is 0 Å². The maximum absolute atomic E-state index is 13.4. The fourth-order valence-electron chi connectivity index (χ4n) is 4.73. The van der Waals surface area contributed by atoms with Gasteiger partial charge in [-0.25, -0.2) is 13.1 Å². The number of carbonyl (C=O) groups is 2. The Morgan fingerprint density at radius 1 is 1.09 bits per heavy atom. The highest BCUT2D eigenvalue weighted by atomic mass is 32.2. The van der Waals surface area contributed by atoms with Crippen molar-refractivity contribution in [2.45, 2.75) is 87.8 Å². The van der Waals surface area contributed by atoms with Crippen LogP contribution in [0, 0.1) is 0 Å². The Labute approximate surface area is 197 Å². The largest absolute Gasteiger partial charge is 0.376 e. The van der Waals surface area contributed by atoms with E-state index in [4.69, 9.17) is 4.74 Å². The molecule has 0 spiro atoms. The quantitative estimate of drug-likeness (QED) is 0.508. The average Bonchev–Trinajstić information content (AvgIpc) is 3.36. The number of sulfonamides is 1. The second kappa shape index (κ2) is 12.5. The SMILES string of the molecule is CCCC(C(=O)NCC1CCCO1)N(C(=O)CNS(=O)(=O)c1ccccc1)C1CCCCC1. The van der Waals surface area contributed by atoms with Gasteiger partial charge in [-0.2, -0.15) is 0 Å². The Kier molecular flexibility index (Phi) is 9.70. The molecule has 0 aromatic heterocycles. The van der Waals surface area contributed by atoms with E-state index in [0.29, 0.717) is 19.6 Å². The topological polar surface area (TPSA) is 105 Å². The molecule has 2 unspecified atom stereocenters. The standard InChI is InChI=1S/C24H37N3O5S/c1-2-10-22(24(29)25-17-20-13-9-16-32-20)27(19-11-5-3-6-12-19)23(28)18-26-33(30,31)21-14-7-4-8-15-21/h4,7-8,14-15,19-20,22,26H,2-3,5-6,9-13,16-18H2,1H3,(H,25,29). The Morgan fingerprint density at radius 3 is 2.45 bits per heavy atom. The molecule has 184 valence electrons. The lowest BCUT2D eigenvalue weighted by molar-refractivity contribution is -0.143. The van der Waals surface area contributed by atoms with Crippen LogP contribution in [0.5, 0.6) is 0 Å². The van der Waals surface area contributed by atoms with Crippen LogP contribution in [-0.4, -0.2) is 63.0 Å². The van der Waals surface area contributed by atoms with Gasteiger partial charge in [0.05, 0.1) is 17.5 Å². The molecule has 2 aliphatic rings. The molecule has 1 aromatic rings. The molecule has 1 saturated heterocycles. The van der Waals surface area contributed by atoms with E-state index in [1.54, 1.807) is 23.1 Å². The summed E-state index contributed by atoms with van der Waals surface area (Å²) in [5, 5.41) is 2.99. The molecular weight excluding hydrogens is 442 g/mol. The van der Waals surface area contributed by atoms with Crippen molar-refractivity contribution in [1.82, 2.24) is 14.9 Å². The monoisotopic (exact) mass is 479 g/mol. The molecule has 2 N–H and O–H groups in total. The predicted molar refractivity (Wildman–Crippen MR) is 126 cm³/mol. The molecule has 2 amide bonds. The van der Waals surface area contributed by atoms with Gasteiger partial charge in [-0.05, 0) is 44.2 Å². The highest BCUT2D eigenvalue weighted by Gasteiger charge is 2.36. The van der Waals surface area contributed by atoms with Crippen LogP contribution in [0.4, 0.5) is 0 Å². The molecule has 3 rings (SSSR count). The molecule has 0 radical (unpaired) electrons. The fourth-order valence-corrected chi connectivity index (χ4v) is 5.73. The second-order valence-electron chi connectivity index (χ2n) is 8.92. The number of nitrogens with zero attached hydrogens (tertiary/aromatic N) is 1. The maximum Gasteiger partial charge on any atom is 0.242 e. The molecule has 1 saturated carbocycles. The third-order valence-corrected chi connectivity index (χ3v) is 7.87.